The van der Waals surface area contributed by atoms with Crippen molar-refractivity contribution in [3.8, 4) is 11.5 Å². The monoisotopic (exact) mass is 218 g/mol. The Bertz CT molecular complexity index is 429. The second kappa shape index (κ2) is 3.16. The quantitative estimate of drug-likeness (QED) is 0.843. The van der Waals surface area contributed by atoms with Gasteiger partial charge in [0.1, 0.15) is 11.5 Å². The molecule has 0 heterocycles. The molecule has 2 nitrogen and oxygen atoms in total. The Morgan fingerprint density at radius 2 is 2.00 bits per heavy atom. The minimum Gasteiger partial charge on any atom is -0.508 e. The lowest BCUT2D eigenvalue weighted by molar-refractivity contribution is 0.397. The summed E-state index contributed by atoms with van der Waals surface area (Å²) < 4.78 is 5.39. The molecule has 1 aromatic rings. The van der Waals surface area contributed by atoms with E-state index in [9.17, 15) is 5.11 Å². The molecule has 2 heteroatoms. The van der Waals surface area contributed by atoms with Gasteiger partial charge in [0.2, 0.25) is 0 Å². The second-order valence-corrected chi connectivity index (χ2v) is 5.45. The standard InChI is InChI=1S/C14H18O2/c1-14(5-6-14)11-7-10(9-3-4-9)12(15)8-13(11)16-2/h7-9,15H,3-6H2,1-2H3. The number of rotatable bonds is 3. The molecule has 0 unspecified atom stereocenters. The van der Waals surface area contributed by atoms with Crippen molar-refractivity contribution in [2.24, 2.45) is 0 Å². The highest BCUT2D eigenvalue weighted by Crippen LogP contribution is 2.54. The summed E-state index contributed by atoms with van der Waals surface area (Å²) in [5.41, 5.74) is 2.71. The summed E-state index contributed by atoms with van der Waals surface area (Å²) in [6.45, 7) is 2.28. The number of phenolic OH excluding ortho intramolecular Hbond substituents is 1. The van der Waals surface area contributed by atoms with E-state index >= 15 is 0 Å². The Kier molecular flexibility index (Phi) is 1.97. The number of benzene rings is 1. The summed E-state index contributed by atoms with van der Waals surface area (Å²) in [5, 5.41) is 9.96. The van der Waals surface area contributed by atoms with Crippen LogP contribution in [0.25, 0.3) is 0 Å². The lowest BCUT2D eigenvalue weighted by atomic mass is 9.93. The molecule has 16 heavy (non-hydrogen) atoms. The molecule has 2 fully saturated rings. The van der Waals surface area contributed by atoms with Crippen LogP contribution in [0.3, 0.4) is 0 Å². The highest BCUT2D eigenvalue weighted by molar-refractivity contribution is 5.52. The fraction of sp³-hybridized carbons (Fsp3) is 0.571. The van der Waals surface area contributed by atoms with E-state index < -0.39 is 0 Å². The van der Waals surface area contributed by atoms with Crippen molar-refractivity contribution < 1.29 is 9.84 Å². The fourth-order valence-corrected chi connectivity index (χ4v) is 2.40. The van der Waals surface area contributed by atoms with Gasteiger partial charge in [-0.1, -0.05) is 6.92 Å². The normalized spacial score (nSPS) is 21.9. The van der Waals surface area contributed by atoms with Gasteiger partial charge in [0, 0.05) is 11.6 Å². The Labute approximate surface area is 96.2 Å². The zero-order valence-corrected chi connectivity index (χ0v) is 9.92. The minimum absolute atomic E-state index is 0.294. The van der Waals surface area contributed by atoms with Gasteiger partial charge >= 0.3 is 0 Å². The average Bonchev–Trinajstić information content (AvgIpc) is 3.13. The van der Waals surface area contributed by atoms with Crippen molar-refractivity contribution in [2.75, 3.05) is 7.11 Å². The van der Waals surface area contributed by atoms with Crippen LogP contribution in [0.4, 0.5) is 0 Å². The predicted octanol–water partition coefficient (Wildman–Crippen LogP) is 3.33. The molecule has 0 aromatic heterocycles. The molecule has 1 aromatic carbocycles. The molecule has 1 N–H and O–H groups in total. The third-order valence-electron chi connectivity index (χ3n) is 4.02. The van der Waals surface area contributed by atoms with E-state index in [1.54, 1.807) is 13.2 Å². The summed E-state index contributed by atoms with van der Waals surface area (Å²) in [5.74, 6) is 1.85. The van der Waals surface area contributed by atoms with E-state index in [0.29, 0.717) is 17.1 Å². The van der Waals surface area contributed by atoms with E-state index in [1.807, 2.05) is 0 Å². The fourth-order valence-electron chi connectivity index (χ4n) is 2.40. The van der Waals surface area contributed by atoms with Gasteiger partial charge in [0.05, 0.1) is 7.11 Å². The molecular formula is C14H18O2. The van der Waals surface area contributed by atoms with Crippen molar-refractivity contribution in [1.82, 2.24) is 0 Å². The highest BCUT2D eigenvalue weighted by atomic mass is 16.5. The Morgan fingerprint density at radius 3 is 2.50 bits per heavy atom. The van der Waals surface area contributed by atoms with Crippen LogP contribution < -0.4 is 4.74 Å². The van der Waals surface area contributed by atoms with Crippen LogP contribution in [0.1, 0.15) is 49.7 Å². The van der Waals surface area contributed by atoms with E-state index in [4.69, 9.17) is 4.74 Å². The first-order valence-corrected chi connectivity index (χ1v) is 6.05. The third kappa shape index (κ3) is 1.48. The van der Waals surface area contributed by atoms with Crippen molar-refractivity contribution in [1.29, 1.82) is 0 Å². The number of aromatic hydroxyl groups is 1. The molecular weight excluding hydrogens is 200 g/mol. The first-order chi connectivity index (χ1) is 7.64. The Morgan fingerprint density at radius 1 is 1.31 bits per heavy atom. The molecule has 0 spiro atoms. The molecule has 0 radical (unpaired) electrons. The Hall–Kier alpha value is -1.18. The van der Waals surface area contributed by atoms with Crippen LogP contribution in [0.2, 0.25) is 0 Å². The molecule has 0 atom stereocenters. The van der Waals surface area contributed by atoms with Crippen molar-refractivity contribution >= 4 is 0 Å². The molecule has 86 valence electrons. The molecule has 0 saturated heterocycles. The number of hydrogen-bond acceptors (Lipinski definition) is 2. The molecule has 2 aliphatic rings. The van der Waals surface area contributed by atoms with Crippen LogP contribution in [-0.2, 0) is 5.41 Å². The van der Waals surface area contributed by atoms with Crippen molar-refractivity contribution in [2.45, 2.75) is 43.9 Å². The number of ether oxygens (including phenoxy) is 1. The van der Waals surface area contributed by atoms with Gasteiger partial charge in [-0.05, 0) is 48.6 Å². The van der Waals surface area contributed by atoms with Crippen LogP contribution in [0.15, 0.2) is 12.1 Å². The van der Waals surface area contributed by atoms with E-state index in [0.717, 1.165) is 11.3 Å². The van der Waals surface area contributed by atoms with Crippen molar-refractivity contribution in [3.63, 3.8) is 0 Å². The maximum Gasteiger partial charge on any atom is 0.126 e. The number of hydrogen-bond donors (Lipinski definition) is 1. The van der Waals surface area contributed by atoms with Crippen LogP contribution >= 0.6 is 0 Å². The summed E-state index contributed by atoms with van der Waals surface area (Å²) in [6.07, 6.45) is 4.91. The van der Waals surface area contributed by atoms with Crippen LogP contribution in [-0.4, -0.2) is 12.2 Å². The van der Waals surface area contributed by atoms with Crippen LogP contribution in [0.5, 0.6) is 11.5 Å². The molecule has 0 aliphatic heterocycles. The second-order valence-electron chi connectivity index (χ2n) is 5.45. The predicted molar refractivity (Wildman–Crippen MR) is 63.2 cm³/mol. The van der Waals surface area contributed by atoms with E-state index in [1.165, 1.54) is 31.2 Å². The summed E-state index contributed by atoms with van der Waals surface area (Å²) in [4.78, 5) is 0. The molecule has 0 amide bonds. The molecule has 2 saturated carbocycles. The smallest absolute Gasteiger partial charge is 0.126 e. The maximum absolute atomic E-state index is 9.96. The zero-order chi connectivity index (χ0) is 11.3. The molecule has 2 aliphatic carbocycles. The third-order valence-corrected chi connectivity index (χ3v) is 4.02. The van der Waals surface area contributed by atoms with Crippen molar-refractivity contribution in [3.05, 3.63) is 23.3 Å². The minimum atomic E-state index is 0.294. The SMILES string of the molecule is COc1cc(O)c(C2CC2)cc1C1(C)CC1. The summed E-state index contributed by atoms with van der Waals surface area (Å²) in [6, 6.07) is 3.98. The Balaban J connectivity index is 2.09. The number of phenols is 1. The molecule has 0 bridgehead atoms. The van der Waals surface area contributed by atoms with Gasteiger partial charge in [-0.25, -0.2) is 0 Å². The molecule has 3 rings (SSSR count). The van der Waals surface area contributed by atoms with Gasteiger partial charge in [0.25, 0.3) is 0 Å². The summed E-state index contributed by atoms with van der Waals surface area (Å²) >= 11 is 0. The zero-order valence-electron chi connectivity index (χ0n) is 9.92. The average molecular weight is 218 g/mol. The first-order valence-electron chi connectivity index (χ1n) is 6.05. The maximum atomic E-state index is 9.96. The van der Waals surface area contributed by atoms with Gasteiger partial charge in [-0.2, -0.15) is 0 Å². The first kappa shape index (κ1) is 10.0. The highest BCUT2D eigenvalue weighted by Gasteiger charge is 2.42. The van der Waals surface area contributed by atoms with E-state index in [-0.39, 0.29) is 0 Å². The summed E-state index contributed by atoms with van der Waals surface area (Å²) in [7, 11) is 1.68. The van der Waals surface area contributed by atoms with Gasteiger partial charge in [-0.15, -0.1) is 0 Å². The van der Waals surface area contributed by atoms with Gasteiger partial charge in [-0.3, -0.25) is 0 Å². The van der Waals surface area contributed by atoms with Crippen LogP contribution in [0, 0.1) is 0 Å². The topological polar surface area (TPSA) is 29.5 Å². The lowest BCUT2D eigenvalue weighted by Crippen LogP contribution is -2.04. The van der Waals surface area contributed by atoms with Gasteiger partial charge < -0.3 is 9.84 Å². The van der Waals surface area contributed by atoms with Gasteiger partial charge in [0.15, 0.2) is 0 Å². The number of methoxy groups -OCH3 is 1. The van der Waals surface area contributed by atoms with E-state index in [2.05, 4.69) is 13.0 Å². The largest absolute Gasteiger partial charge is 0.508 e. The lowest BCUT2D eigenvalue weighted by Gasteiger charge is -2.17.